The topological polar surface area (TPSA) is 92.5 Å². The molecule has 0 aliphatic carbocycles. The molecule has 0 radical (unpaired) electrons. The Kier molecular flexibility index (Phi) is 8.12. The molecule has 0 saturated carbocycles. The Morgan fingerprint density at radius 3 is 2.33 bits per heavy atom. The molecule has 0 aromatic carbocycles. The van der Waals surface area contributed by atoms with Gasteiger partial charge in [-0.2, -0.15) is 0 Å². The molecular weight excluding hydrogens is 200 g/mol. The van der Waals surface area contributed by atoms with Crippen molar-refractivity contribution in [1.29, 1.82) is 0 Å². The van der Waals surface area contributed by atoms with Crippen LogP contribution in [0.5, 0.6) is 0 Å². The van der Waals surface area contributed by atoms with Crippen LogP contribution >= 0.6 is 0 Å². The van der Waals surface area contributed by atoms with Crippen molar-refractivity contribution in [2.75, 3.05) is 13.2 Å². The minimum absolute atomic E-state index is 0.133. The summed E-state index contributed by atoms with van der Waals surface area (Å²) in [4.78, 5) is 17.4. The van der Waals surface area contributed by atoms with Gasteiger partial charge in [0.1, 0.15) is 19.0 Å². The third-order valence-electron chi connectivity index (χ3n) is 1.17. The maximum Gasteiger partial charge on any atom is 0.302 e. The number of nitrogens with zero attached hydrogens (tertiary/aromatic N) is 2. The molecule has 0 spiro atoms. The molecule has 6 heteroatoms. The van der Waals surface area contributed by atoms with Crippen molar-refractivity contribution in [1.82, 2.24) is 9.97 Å². The average Bonchev–Trinajstić information content (AvgIpc) is 2.29. The van der Waals surface area contributed by atoms with Gasteiger partial charge in [-0.3, -0.25) is 4.79 Å². The van der Waals surface area contributed by atoms with Crippen LogP contribution in [0.2, 0.25) is 0 Å². The first-order valence-corrected chi connectivity index (χ1v) is 4.29. The molecule has 84 valence electrons. The van der Waals surface area contributed by atoms with E-state index in [0.29, 0.717) is 0 Å². The summed E-state index contributed by atoms with van der Waals surface area (Å²) in [6.07, 6.45) is 3.92. The van der Waals surface area contributed by atoms with E-state index in [9.17, 15) is 4.79 Å². The molecule has 1 rings (SSSR count). The maximum absolute atomic E-state index is 10.0. The van der Waals surface area contributed by atoms with Gasteiger partial charge in [0.15, 0.2) is 0 Å². The Morgan fingerprint density at radius 1 is 1.47 bits per heavy atom. The van der Waals surface area contributed by atoms with E-state index in [2.05, 4.69) is 14.7 Å². The SMILES string of the molecule is CC(=O)OCC(O)CO.c1cncnc1. The molecule has 0 aliphatic heterocycles. The average molecular weight is 214 g/mol. The smallest absolute Gasteiger partial charge is 0.302 e. The van der Waals surface area contributed by atoms with Crippen LogP contribution in [0, 0.1) is 0 Å². The Labute approximate surface area is 87.6 Å². The third-order valence-corrected chi connectivity index (χ3v) is 1.17. The van der Waals surface area contributed by atoms with E-state index in [1.54, 1.807) is 18.5 Å². The highest BCUT2D eigenvalue weighted by Crippen LogP contribution is 1.83. The lowest BCUT2D eigenvalue weighted by atomic mass is 10.4. The summed E-state index contributed by atoms with van der Waals surface area (Å²) in [5.41, 5.74) is 0. The number of esters is 1. The van der Waals surface area contributed by atoms with Gasteiger partial charge in [0.05, 0.1) is 6.61 Å². The zero-order chi connectivity index (χ0) is 11.5. The molecule has 15 heavy (non-hydrogen) atoms. The molecule has 1 atom stereocenters. The van der Waals surface area contributed by atoms with Gasteiger partial charge < -0.3 is 14.9 Å². The van der Waals surface area contributed by atoms with E-state index in [-0.39, 0.29) is 13.2 Å². The third kappa shape index (κ3) is 10.4. The number of ether oxygens (including phenoxy) is 1. The van der Waals surface area contributed by atoms with E-state index in [0.717, 1.165) is 0 Å². The normalized spacial score (nSPS) is 10.9. The van der Waals surface area contributed by atoms with Crippen LogP contribution in [-0.4, -0.2) is 45.5 Å². The second-order valence-electron chi connectivity index (χ2n) is 2.54. The molecule has 0 fully saturated rings. The summed E-state index contributed by atoms with van der Waals surface area (Å²) in [6.45, 7) is 0.725. The fourth-order valence-electron chi connectivity index (χ4n) is 0.520. The van der Waals surface area contributed by atoms with Crippen molar-refractivity contribution >= 4 is 5.97 Å². The minimum atomic E-state index is -0.950. The summed E-state index contributed by atoms with van der Waals surface area (Å²) < 4.78 is 4.35. The van der Waals surface area contributed by atoms with E-state index in [4.69, 9.17) is 10.2 Å². The van der Waals surface area contributed by atoms with E-state index in [1.165, 1.54) is 13.3 Å². The van der Waals surface area contributed by atoms with Crippen LogP contribution < -0.4 is 0 Å². The van der Waals surface area contributed by atoms with Crippen molar-refractivity contribution in [3.8, 4) is 0 Å². The van der Waals surface area contributed by atoms with E-state index < -0.39 is 12.1 Å². The molecule has 0 bridgehead atoms. The van der Waals surface area contributed by atoms with Gasteiger partial charge in [-0.15, -0.1) is 0 Å². The van der Waals surface area contributed by atoms with Gasteiger partial charge >= 0.3 is 5.97 Å². The summed E-state index contributed by atoms with van der Waals surface area (Å²) >= 11 is 0. The molecule has 0 aliphatic rings. The van der Waals surface area contributed by atoms with Gasteiger partial charge in [0.25, 0.3) is 0 Å². The molecule has 0 amide bonds. The standard InChI is InChI=1S/C5H10O4.C4H4N2/c1-4(7)9-3-5(8)2-6;1-2-5-4-6-3-1/h5-6,8H,2-3H2,1H3;1-4H. The van der Waals surface area contributed by atoms with Crippen LogP contribution in [-0.2, 0) is 9.53 Å². The highest BCUT2D eigenvalue weighted by atomic mass is 16.5. The number of carbonyl (C=O) groups is 1. The summed E-state index contributed by atoms with van der Waals surface area (Å²) in [6, 6.07) is 1.78. The molecular formula is C9H14N2O4. The highest BCUT2D eigenvalue weighted by Gasteiger charge is 2.02. The fourth-order valence-corrected chi connectivity index (χ4v) is 0.520. The van der Waals surface area contributed by atoms with E-state index >= 15 is 0 Å². The number of rotatable bonds is 3. The Hall–Kier alpha value is -1.53. The fraction of sp³-hybridized carbons (Fsp3) is 0.444. The second-order valence-corrected chi connectivity index (χ2v) is 2.54. The van der Waals surface area contributed by atoms with E-state index in [1.807, 2.05) is 0 Å². The lowest BCUT2D eigenvalue weighted by Gasteiger charge is -2.05. The van der Waals surface area contributed by atoms with Gasteiger partial charge in [-0.25, -0.2) is 9.97 Å². The first-order valence-electron chi connectivity index (χ1n) is 4.29. The summed E-state index contributed by atoms with van der Waals surface area (Å²) in [5.74, 6) is -0.456. The number of aliphatic hydroxyl groups is 2. The number of hydrogen-bond donors (Lipinski definition) is 2. The van der Waals surface area contributed by atoms with Crippen molar-refractivity contribution in [3.05, 3.63) is 24.8 Å². The second kappa shape index (κ2) is 9.04. The van der Waals surface area contributed by atoms with Crippen molar-refractivity contribution in [2.45, 2.75) is 13.0 Å². The summed E-state index contributed by atoms with van der Waals surface area (Å²) in [7, 11) is 0. The molecule has 6 nitrogen and oxygen atoms in total. The molecule has 1 aromatic rings. The van der Waals surface area contributed by atoms with Crippen LogP contribution in [0.3, 0.4) is 0 Å². The largest absolute Gasteiger partial charge is 0.463 e. The Morgan fingerprint density at radius 2 is 2.07 bits per heavy atom. The van der Waals surface area contributed by atoms with Gasteiger partial charge in [-0.05, 0) is 6.07 Å². The zero-order valence-electron chi connectivity index (χ0n) is 8.41. The first kappa shape index (κ1) is 13.5. The molecule has 2 N–H and O–H groups in total. The predicted molar refractivity (Wildman–Crippen MR) is 51.8 cm³/mol. The molecule has 1 aromatic heterocycles. The van der Waals surface area contributed by atoms with Crippen molar-refractivity contribution in [2.24, 2.45) is 0 Å². The van der Waals surface area contributed by atoms with Gasteiger partial charge in [0.2, 0.25) is 0 Å². The quantitative estimate of drug-likeness (QED) is 0.651. The van der Waals surface area contributed by atoms with Crippen LogP contribution in [0.4, 0.5) is 0 Å². The number of hydrogen-bond acceptors (Lipinski definition) is 6. The highest BCUT2D eigenvalue weighted by molar-refractivity contribution is 5.65. The predicted octanol–water partition coefficient (Wildman–Crippen LogP) is -0.621. The number of carbonyl (C=O) groups excluding carboxylic acids is 1. The van der Waals surface area contributed by atoms with Crippen molar-refractivity contribution < 1.29 is 19.7 Å². The monoisotopic (exact) mass is 214 g/mol. The lowest BCUT2D eigenvalue weighted by Crippen LogP contribution is -2.20. The van der Waals surface area contributed by atoms with Crippen LogP contribution in [0.25, 0.3) is 0 Å². The van der Waals surface area contributed by atoms with Crippen LogP contribution in [0.15, 0.2) is 24.8 Å². The van der Waals surface area contributed by atoms with Gasteiger partial charge in [0, 0.05) is 19.3 Å². The molecule has 1 unspecified atom stereocenters. The van der Waals surface area contributed by atoms with Crippen molar-refractivity contribution in [3.63, 3.8) is 0 Å². The minimum Gasteiger partial charge on any atom is -0.463 e. The Bertz CT molecular complexity index is 229. The first-order chi connectivity index (χ1) is 7.16. The lowest BCUT2D eigenvalue weighted by molar-refractivity contribution is -0.144. The molecule has 0 saturated heterocycles. The number of aromatic nitrogens is 2. The van der Waals surface area contributed by atoms with Crippen LogP contribution in [0.1, 0.15) is 6.92 Å². The summed E-state index contributed by atoms with van der Waals surface area (Å²) in [5, 5.41) is 16.8. The Balaban J connectivity index is 0.000000280. The zero-order valence-corrected chi connectivity index (χ0v) is 8.41. The van der Waals surface area contributed by atoms with Gasteiger partial charge in [-0.1, -0.05) is 0 Å². The maximum atomic E-state index is 10.0. The molecule has 1 heterocycles. The number of aliphatic hydroxyl groups excluding tert-OH is 2.